The van der Waals surface area contributed by atoms with Crippen molar-refractivity contribution in [2.75, 3.05) is 20.2 Å². The fourth-order valence-corrected chi connectivity index (χ4v) is 4.56. The lowest BCUT2D eigenvalue weighted by Crippen LogP contribution is -2.58. The number of methoxy groups -OCH3 is 1. The van der Waals surface area contributed by atoms with Crippen LogP contribution in [0.5, 0.6) is 5.75 Å². The average Bonchev–Trinajstić information content (AvgIpc) is 2.61. The highest BCUT2D eigenvalue weighted by atomic mass is 32.2. The maximum Gasteiger partial charge on any atom is 0.241 e. The first-order valence-corrected chi connectivity index (χ1v) is 10.7. The number of nitrogens with zero attached hydrogens (tertiary/aromatic N) is 1. The maximum absolute atomic E-state index is 13.1. The Bertz CT molecular complexity index is 760. The second-order valence-electron chi connectivity index (χ2n) is 8.16. The van der Waals surface area contributed by atoms with Crippen LogP contribution in [0.1, 0.15) is 34.1 Å². The van der Waals surface area contributed by atoms with E-state index < -0.39 is 16.1 Å². The van der Waals surface area contributed by atoms with Crippen molar-refractivity contribution in [3.8, 4) is 5.75 Å². The Morgan fingerprint density at radius 2 is 1.89 bits per heavy atom. The molecule has 1 aliphatic heterocycles. The van der Waals surface area contributed by atoms with E-state index in [2.05, 4.69) is 4.72 Å². The van der Waals surface area contributed by atoms with E-state index in [1.807, 2.05) is 27.7 Å². The molecule has 152 valence electrons. The molecule has 0 bridgehead atoms. The molecule has 27 heavy (non-hydrogen) atoms. The van der Waals surface area contributed by atoms with Gasteiger partial charge in [0.05, 0.1) is 12.0 Å². The third-order valence-corrected chi connectivity index (χ3v) is 6.67. The summed E-state index contributed by atoms with van der Waals surface area (Å²) in [6, 6.07) is 5.28. The van der Waals surface area contributed by atoms with Gasteiger partial charge >= 0.3 is 0 Å². The summed E-state index contributed by atoms with van der Waals surface area (Å²) in [6.07, 6.45) is 0.703. The number of nitrogens with two attached hydrogens (primary N) is 1. The van der Waals surface area contributed by atoms with Gasteiger partial charge < -0.3 is 15.4 Å². The molecule has 1 aliphatic rings. The average molecular weight is 398 g/mol. The molecule has 2 unspecified atom stereocenters. The van der Waals surface area contributed by atoms with Gasteiger partial charge in [-0.25, -0.2) is 8.42 Å². The zero-order chi connectivity index (χ0) is 20.4. The van der Waals surface area contributed by atoms with Crippen molar-refractivity contribution in [3.05, 3.63) is 24.3 Å². The number of carbonyl (C=O) groups excluding carboxylic acids is 1. The predicted octanol–water partition coefficient (Wildman–Crippen LogP) is 1.58. The van der Waals surface area contributed by atoms with E-state index >= 15 is 0 Å². The SMILES string of the molecule is COc1ccc(S(=O)(=O)NC(C(=O)N2CCC(N)C(C)(C)C2)C(C)C)cc1. The lowest BCUT2D eigenvalue weighted by molar-refractivity contribution is -0.137. The highest BCUT2D eigenvalue weighted by Crippen LogP contribution is 2.28. The molecule has 1 fully saturated rings. The molecule has 1 saturated heterocycles. The summed E-state index contributed by atoms with van der Waals surface area (Å²) in [5, 5.41) is 0. The number of carbonyl (C=O) groups is 1. The van der Waals surface area contributed by atoms with Gasteiger partial charge in [0.1, 0.15) is 11.8 Å². The number of hydrogen-bond acceptors (Lipinski definition) is 5. The fourth-order valence-electron chi connectivity index (χ4n) is 3.22. The number of sulfonamides is 1. The Kier molecular flexibility index (Phi) is 6.55. The van der Waals surface area contributed by atoms with Crippen LogP contribution < -0.4 is 15.2 Å². The number of rotatable bonds is 6. The Morgan fingerprint density at radius 3 is 2.37 bits per heavy atom. The third kappa shape index (κ3) is 5.00. The molecule has 2 atom stereocenters. The molecule has 0 aliphatic carbocycles. The minimum atomic E-state index is -3.83. The summed E-state index contributed by atoms with van der Waals surface area (Å²) in [4.78, 5) is 14.9. The Balaban J connectivity index is 2.20. The van der Waals surface area contributed by atoms with Gasteiger partial charge in [-0.2, -0.15) is 4.72 Å². The Labute approximate surface area is 162 Å². The highest BCUT2D eigenvalue weighted by Gasteiger charge is 2.39. The number of nitrogens with one attached hydrogen (secondary N) is 1. The molecule has 0 radical (unpaired) electrons. The predicted molar refractivity (Wildman–Crippen MR) is 105 cm³/mol. The second-order valence-corrected chi connectivity index (χ2v) is 9.88. The first-order valence-electron chi connectivity index (χ1n) is 9.18. The van der Waals surface area contributed by atoms with E-state index in [9.17, 15) is 13.2 Å². The van der Waals surface area contributed by atoms with Gasteiger partial charge in [-0.3, -0.25) is 4.79 Å². The Hall–Kier alpha value is -1.64. The molecule has 0 aromatic heterocycles. The molecule has 0 spiro atoms. The summed E-state index contributed by atoms with van der Waals surface area (Å²) >= 11 is 0. The largest absolute Gasteiger partial charge is 0.497 e. The molecule has 1 amide bonds. The lowest BCUT2D eigenvalue weighted by atomic mass is 9.79. The number of piperidine rings is 1. The van der Waals surface area contributed by atoms with Crippen molar-refractivity contribution < 1.29 is 17.9 Å². The van der Waals surface area contributed by atoms with E-state index in [0.717, 1.165) is 0 Å². The van der Waals surface area contributed by atoms with Crippen LogP contribution in [-0.2, 0) is 14.8 Å². The number of amides is 1. The van der Waals surface area contributed by atoms with E-state index in [1.165, 1.54) is 19.2 Å². The van der Waals surface area contributed by atoms with Gasteiger partial charge in [-0.05, 0) is 42.0 Å². The quantitative estimate of drug-likeness (QED) is 0.759. The van der Waals surface area contributed by atoms with E-state index in [0.29, 0.717) is 25.3 Å². The van der Waals surface area contributed by atoms with Crippen LogP contribution in [0, 0.1) is 11.3 Å². The van der Waals surface area contributed by atoms with Crippen molar-refractivity contribution in [3.63, 3.8) is 0 Å². The van der Waals surface area contributed by atoms with Crippen molar-refractivity contribution in [1.29, 1.82) is 0 Å². The van der Waals surface area contributed by atoms with E-state index in [1.54, 1.807) is 17.0 Å². The van der Waals surface area contributed by atoms with E-state index in [4.69, 9.17) is 10.5 Å². The van der Waals surface area contributed by atoms with Crippen molar-refractivity contribution in [1.82, 2.24) is 9.62 Å². The zero-order valence-electron chi connectivity index (χ0n) is 16.7. The normalized spacial score (nSPS) is 21.1. The number of ether oxygens (including phenoxy) is 1. The first-order chi connectivity index (χ1) is 12.5. The van der Waals surface area contributed by atoms with E-state index in [-0.39, 0.29) is 28.2 Å². The molecule has 1 aromatic rings. The lowest BCUT2D eigenvalue weighted by Gasteiger charge is -2.44. The minimum Gasteiger partial charge on any atom is -0.497 e. The van der Waals surface area contributed by atoms with Crippen LogP contribution in [-0.4, -0.2) is 51.5 Å². The molecule has 1 aromatic carbocycles. The summed E-state index contributed by atoms with van der Waals surface area (Å²) in [7, 11) is -2.32. The monoisotopic (exact) mass is 397 g/mol. The van der Waals surface area contributed by atoms with Crippen LogP contribution in [0.25, 0.3) is 0 Å². The highest BCUT2D eigenvalue weighted by molar-refractivity contribution is 7.89. The maximum atomic E-state index is 13.1. The second kappa shape index (κ2) is 8.16. The molecular formula is C19H31N3O4S. The number of likely N-dealkylation sites (tertiary alicyclic amines) is 1. The summed E-state index contributed by atoms with van der Waals surface area (Å²) in [6.45, 7) is 8.78. The summed E-state index contributed by atoms with van der Waals surface area (Å²) < 4.78 is 33.2. The summed E-state index contributed by atoms with van der Waals surface area (Å²) in [5.74, 6) is 0.170. The first kappa shape index (κ1) is 21.7. The van der Waals surface area contributed by atoms with Crippen molar-refractivity contribution in [2.24, 2.45) is 17.1 Å². The van der Waals surface area contributed by atoms with Gasteiger partial charge in [-0.15, -0.1) is 0 Å². The standard InChI is InChI=1S/C19H31N3O4S/c1-13(2)17(18(23)22-11-10-16(20)19(3,4)12-22)21-27(24,25)15-8-6-14(26-5)7-9-15/h6-9,13,16-17,21H,10-12,20H2,1-5H3. The molecule has 7 nitrogen and oxygen atoms in total. The van der Waals surface area contributed by atoms with Gasteiger partial charge in [0.25, 0.3) is 0 Å². The Morgan fingerprint density at radius 1 is 1.30 bits per heavy atom. The molecule has 1 heterocycles. The summed E-state index contributed by atoms with van der Waals surface area (Å²) in [5.41, 5.74) is 5.95. The number of benzene rings is 1. The number of hydrogen-bond donors (Lipinski definition) is 2. The van der Waals surface area contributed by atoms with Gasteiger partial charge in [-0.1, -0.05) is 27.7 Å². The topological polar surface area (TPSA) is 102 Å². The van der Waals surface area contributed by atoms with Crippen LogP contribution in [0.3, 0.4) is 0 Å². The van der Waals surface area contributed by atoms with Crippen molar-refractivity contribution >= 4 is 15.9 Å². The van der Waals surface area contributed by atoms with Crippen LogP contribution >= 0.6 is 0 Å². The minimum absolute atomic E-state index is 0.0232. The smallest absolute Gasteiger partial charge is 0.241 e. The van der Waals surface area contributed by atoms with Crippen LogP contribution in [0.15, 0.2) is 29.2 Å². The molecule has 0 saturated carbocycles. The van der Waals surface area contributed by atoms with Crippen LogP contribution in [0.4, 0.5) is 0 Å². The molecular weight excluding hydrogens is 366 g/mol. The van der Waals surface area contributed by atoms with Crippen molar-refractivity contribution in [2.45, 2.75) is 51.1 Å². The molecule has 8 heteroatoms. The van der Waals surface area contributed by atoms with Crippen LogP contribution in [0.2, 0.25) is 0 Å². The molecule has 3 N–H and O–H groups in total. The fraction of sp³-hybridized carbons (Fsp3) is 0.632. The van der Waals surface area contributed by atoms with Gasteiger partial charge in [0.2, 0.25) is 15.9 Å². The van der Waals surface area contributed by atoms with Gasteiger partial charge in [0, 0.05) is 19.1 Å². The molecule has 2 rings (SSSR count). The third-order valence-electron chi connectivity index (χ3n) is 5.21. The zero-order valence-corrected chi connectivity index (χ0v) is 17.5. The van der Waals surface area contributed by atoms with Gasteiger partial charge in [0.15, 0.2) is 0 Å².